The van der Waals surface area contributed by atoms with Crippen LogP contribution < -0.4 is 5.32 Å². The van der Waals surface area contributed by atoms with Crippen LogP contribution in [-0.4, -0.2) is 28.5 Å². The molecule has 0 bridgehead atoms. The van der Waals surface area contributed by atoms with Crippen LogP contribution in [0.3, 0.4) is 0 Å². The van der Waals surface area contributed by atoms with Crippen molar-refractivity contribution in [3.63, 3.8) is 0 Å². The third kappa shape index (κ3) is 4.01. The van der Waals surface area contributed by atoms with Gasteiger partial charge in [0.25, 0.3) is 0 Å². The topological polar surface area (TPSA) is 47.0 Å². The first-order valence-electron chi connectivity index (χ1n) is 6.48. The highest BCUT2D eigenvalue weighted by atomic mass is 32.1. The van der Waals surface area contributed by atoms with Crippen LogP contribution in [0.2, 0.25) is 0 Å². The molecule has 1 aromatic rings. The molecule has 0 aromatic carbocycles. The van der Waals surface area contributed by atoms with Gasteiger partial charge in [-0.05, 0) is 38.1 Å². The summed E-state index contributed by atoms with van der Waals surface area (Å²) in [6, 6.07) is 0.372. The highest BCUT2D eigenvalue weighted by molar-refractivity contribution is 6.99. The molecule has 1 unspecified atom stereocenters. The van der Waals surface area contributed by atoms with Gasteiger partial charge in [-0.1, -0.05) is 6.92 Å². The van der Waals surface area contributed by atoms with Crippen LogP contribution in [0.25, 0.3) is 0 Å². The molecule has 5 heteroatoms. The van der Waals surface area contributed by atoms with E-state index in [1.807, 2.05) is 6.20 Å². The van der Waals surface area contributed by atoms with Gasteiger partial charge in [-0.15, -0.1) is 0 Å². The van der Waals surface area contributed by atoms with Gasteiger partial charge in [0, 0.05) is 13.2 Å². The Hall–Kier alpha value is -0.520. The van der Waals surface area contributed by atoms with Gasteiger partial charge < -0.3 is 10.1 Å². The van der Waals surface area contributed by atoms with Crippen LogP contribution in [0.5, 0.6) is 0 Å². The van der Waals surface area contributed by atoms with Crippen LogP contribution >= 0.6 is 11.7 Å². The monoisotopic (exact) mass is 255 g/mol. The van der Waals surface area contributed by atoms with Gasteiger partial charge in [0.1, 0.15) is 0 Å². The standard InChI is InChI=1S/C12H21N3OS/c1-2-5-13-11(12-9-14-17-15-12)8-10-3-6-16-7-4-10/h9-11,13H,2-8H2,1H3. The van der Waals surface area contributed by atoms with E-state index < -0.39 is 0 Å². The Labute approximate surface area is 107 Å². The molecule has 0 amide bonds. The summed E-state index contributed by atoms with van der Waals surface area (Å²) in [5, 5.41) is 3.58. The zero-order valence-corrected chi connectivity index (χ0v) is 11.2. The van der Waals surface area contributed by atoms with Crippen molar-refractivity contribution < 1.29 is 4.74 Å². The lowest BCUT2D eigenvalue weighted by atomic mass is 9.91. The summed E-state index contributed by atoms with van der Waals surface area (Å²) >= 11 is 1.30. The zero-order valence-electron chi connectivity index (χ0n) is 10.4. The van der Waals surface area contributed by atoms with E-state index in [0.717, 1.165) is 44.2 Å². The van der Waals surface area contributed by atoms with Crippen molar-refractivity contribution in [2.75, 3.05) is 19.8 Å². The molecule has 4 nitrogen and oxygen atoms in total. The minimum atomic E-state index is 0.372. The highest BCUT2D eigenvalue weighted by Crippen LogP contribution is 2.26. The molecule has 1 N–H and O–H groups in total. The summed E-state index contributed by atoms with van der Waals surface area (Å²) in [7, 11) is 0. The number of ether oxygens (including phenoxy) is 1. The lowest BCUT2D eigenvalue weighted by molar-refractivity contribution is 0.0604. The lowest BCUT2D eigenvalue weighted by Gasteiger charge is -2.26. The number of hydrogen-bond acceptors (Lipinski definition) is 5. The van der Waals surface area contributed by atoms with Gasteiger partial charge in [-0.25, -0.2) is 0 Å². The maximum Gasteiger partial charge on any atom is 0.0912 e. The van der Waals surface area contributed by atoms with Crippen molar-refractivity contribution in [2.24, 2.45) is 5.92 Å². The maximum absolute atomic E-state index is 5.41. The first kappa shape index (κ1) is 12.9. The zero-order chi connectivity index (χ0) is 11.9. The molecule has 1 aliphatic rings. The number of nitrogens with zero attached hydrogens (tertiary/aromatic N) is 2. The Kier molecular flexibility index (Phi) is 5.35. The molecule has 2 heterocycles. The highest BCUT2D eigenvalue weighted by Gasteiger charge is 2.21. The first-order chi connectivity index (χ1) is 8.40. The third-order valence-electron chi connectivity index (χ3n) is 3.29. The summed E-state index contributed by atoms with van der Waals surface area (Å²) < 4.78 is 13.9. The van der Waals surface area contributed by atoms with Crippen LogP contribution in [0, 0.1) is 5.92 Å². The van der Waals surface area contributed by atoms with E-state index in [-0.39, 0.29) is 0 Å². The van der Waals surface area contributed by atoms with E-state index in [0.29, 0.717) is 6.04 Å². The molecule has 96 valence electrons. The summed E-state index contributed by atoms with van der Waals surface area (Å²) in [4.78, 5) is 0. The minimum absolute atomic E-state index is 0.372. The smallest absolute Gasteiger partial charge is 0.0912 e. The average Bonchev–Trinajstić information content (AvgIpc) is 2.89. The molecule has 17 heavy (non-hydrogen) atoms. The molecule has 0 radical (unpaired) electrons. The van der Waals surface area contributed by atoms with E-state index in [1.165, 1.54) is 24.6 Å². The Morgan fingerprint density at radius 1 is 1.53 bits per heavy atom. The summed E-state index contributed by atoms with van der Waals surface area (Å²) in [5.41, 5.74) is 1.11. The number of nitrogens with one attached hydrogen (secondary N) is 1. The Morgan fingerprint density at radius 2 is 2.35 bits per heavy atom. The van der Waals surface area contributed by atoms with Crippen molar-refractivity contribution in [1.82, 2.24) is 14.1 Å². The second kappa shape index (κ2) is 7.03. The van der Waals surface area contributed by atoms with Crippen molar-refractivity contribution in [2.45, 2.75) is 38.6 Å². The quantitative estimate of drug-likeness (QED) is 0.848. The summed E-state index contributed by atoms with van der Waals surface area (Å²) in [6.45, 7) is 5.07. The second-order valence-electron chi connectivity index (χ2n) is 4.63. The molecule has 0 saturated carbocycles. The van der Waals surface area contributed by atoms with Crippen molar-refractivity contribution >= 4 is 11.7 Å². The van der Waals surface area contributed by atoms with E-state index >= 15 is 0 Å². The lowest BCUT2D eigenvalue weighted by Crippen LogP contribution is -2.27. The minimum Gasteiger partial charge on any atom is -0.381 e. The molecule has 1 fully saturated rings. The largest absolute Gasteiger partial charge is 0.381 e. The Morgan fingerprint density at radius 3 is 3.00 bits per heavy atom. The summed E-state index contributed by atoms with van der Waals surface area (Å²) in [6.07, 6.45) is 6.58. The molecular formula is C12H21N3OS. The fourth-order valence-corrected chi connectivity index (χ4v) is 2.74. The van der Waals surface area contributed by atoms with Gasteiger partial charge in [0.15, 0.2) is 0 Å². The Bertz CT molecular complexity index is 299. The van der Waals surface area contributed by atoms with Crippen LogP contribution in [0.4, 0.5) is 0 Å². The van der Waals surface area contributed by atoms with Gasteiger partial charge in [0.2, 0.25) is 0 Å². The maximum atomic E-state index is 5.41. The van der Waals surface area contributed by atoms with E-state index in [2.05, 4.69) is 21.0 Å². The number of aromatic nitrogens is 2. The fourth-order valence-electron chi connectivity index (χ4n) is 2.27. The van der Waals surface area contributed by atoms with Crippen molar-refractivity contribution in [1.29, 1.82) is 0 Å². The molecule has 0 aliphatic carbocycles. The van der Waals surface area contributed by atoms with E-state index in [1.54, 1.807) is 0 Å². The average molecular weight is 255 g/mol. The predicted octanol–water partition coefficient (Wildman–Crippen LogP) is 2.40. The molecule has 0 spiro atoms. The van der Waals surface area contributed by atoms with Gasteiger partial charge >= 0.3 is 0 Å². The van der Waals surface area contributed by atoms with E-state index in [9.17, 15) is 0 Å². The normalized spacial score (nSPS) is 19.4. The molecule has 1 aromatic heterocycles. The van der Waals surface area contributed by atoms with Crippen LogP contribution in [0.15, 0.2) is 6.20 Å². The first-order valence-corrected chi connectivity index (χ1v) is 7.21. The Balaban J connectivity index is 1.90. The molecule has 1 aliphatic heterocycles. The molecule has 1 atom stereocenters. The fraction of sp³-hybridized carbons (Fsp3) is 0.833. The van der Waals surface area contributed by atoms with Gasteiger partial charge in [-0.2, -0.15) is 8.75 Å². The number of rotatable bonds is 6. The van der Waals surface area contributed by atoms with Crippen molar-refractivity contribution in [3.05, 3.63) is 11.9 Å². The van der Waals surface area contributed by atoms with Crippen LogP contribution in [0.1, 0.15) is 44.3 Å². The van der Waals surface area contributed by atoms with Crippen LogP contribution in [-0.2, 0) is 4.74 Å². The van der Waals surface area contributed by atoms with E-state index in [4.69, 9.17) is 4.74 Å². The molecule has 1 saturated heterocycles. The molecule has 2 rings (SSSR count). The summed E-state index contributed by atoms with van der Waals surface area (Å²) in [5.74, 6) is 0.764. The van der Waals surface area contributed by atoms with Gasteiger partial charge in [0.05, 0.1) is 29.7 Å². The molecular weight excluding hydrogens is 234 g/mol. The second-order valence-corrected chi connectivity index (χ2v) is 5.19. The third-order valence-corrected chi connectivity index (χ3v) is 3.78. The predicted molar refractivity (Wildman–Crippen MR) is 69.1 cm³/mol. The van der Waals surface area contributed by atoms with Crippen molar-refractivity contribution in [3.8, 4) is 0 Å². The SMILES string of the molecule is CCCNC(CC1CCOCC1)c1cnsn1. The van der Waals surface area contributed by atoms with Gasteiger partial charge in [-0.3, -0.25) is 0 Å². The number of hydrogen-bond donors (Lipinski definition) is 1.